The van der Waals surface area contributed by atoms with Crippen LogP contribution in [0, 0.1) is 11.8 Å². The van der Waals surface area contributed by atoms with Gasteiger partial charge in [-0.2, -0.15) is 0 Å². The van der Waals surface area contributed by atoms with Gasteiger partial charge in [0.15, 0.2) is 5.65 Å². The molecule has 1 N–H and O–H groups in total. The number of carbonyl (C=O) groups excluding carboxylic acids is 1. The van der Waals surface area contributed by atoms with Crippen LogP contribution in [0.3, 0.4) is 0 Å². The maximum Gasteiger partial charge on any atom is 0.278 e. The predicted octanol–water partition coefficient (Wildman–Crippen LogP) is 3.81. The fraction of sp³-hybridized carbons (Fsp3) is 0.348. The van der Waals surface area contributed by atoms with Crippen LogP contribution in [0.1, 0.15) is 30.6 Å². The van der Waals surface area contributed by atoms with Crippen molar-refractivity contribution >= 4 is 39.3 Å². The molecular formula is C23H25N5O2. The largest absolute Gasteiger partial charge is 0.370 e. The second-order valence-electron chi connectivity index (χ2n) is 8.37. The Morgan fingerprint density at radius 1 is 1.13 bits per heavy atom. The van der Waals surface area contributed by atoms with Crippen molar-refractivity contribution in [2.24, 2.45) is 11.8 Å². The summed E-state index contributed by atoms with van der Waals surface area (Å²) >= 11 is 0. The molecule has 0 radical (unpaired) electrons. The predicted molar refractivity (Wildman–Crippen MR) is 118 cm³/mol. The van der Waals surface area contributed by atoms with Crippen molar-refractivity contribution in [2.75, 3.05) is 25.1 Å². The zero-order chi connectivity index (χ0) is 20.8. The number of para-hydroxylation sites is 2. The Morgan fingerprint density at radius 3 is 2.67 bits per heavy atom. The SMILES string of the molecule is CONC(=O)c1cc2c(N3C[C@H](C)C[C@H](C)C3)ccnc2n2c1nc1ccccc12. The number of pyridine rings is 2. The van der Waals surface area contributed by atoms with E-state index in [0.717, 1.165) is 40.8 Å². The van der Waals surface area contributed by atoms with E-state index in [9.17, 15) is 4.79 Å². The second-order valence-corrected chi connectivity index (χ2v) is 8.37. The molecule has 1 saturated heterocycles. The van der Waals surface area contributed by atoms with Crippen molar-refractivity contribution < 1.29 is 9.63 Å². The number of rotatable bonds is 3. The number of carbonyl (C=O) groups is 1. The van der Waals surface area contributed by atoms with Gasteiger partial charge < -0.3 is 4.90 Å². The summed E-state index contributed by atoms with van der Waals surface area (Å²) in [6.45, 7) is 6.58. The Bertz CT molecular complexity index is 1250. The van der Waals surface area contributed by atoms with Crippen LogP contribution in [0.4, 0.5) is 5.69 Å². The van der Waals surface area contributed by atoms with Gasteiger partial charge in [0, 0.05) is 30.4 Å². The van der Waals surface area contributed by atoms with Crippen LogP contribution < -0.4 is 10.4 Å². The maximum absolute atomic E-state index is 12.8. The van der Waals surface area contributed by atoms with Gasteiger partial charge in [-0.15, -0.1) is 0 Å². The molecule has 154 valence electrons. The van der Waals surface area contributed by atoms with E-state index in [-0.39, 0.29) is 5.91 Å². The van der Waals surface area contributed by atoms with Gasteiger partial charge in [0.2, 0.25) is 0 Å². The van der Waals surface area contributed by atoms with Crippen molar-refractivity contribution in [3.63, 3.8) is 0 Å². The first kappa shape index (κ1) is 18.8. The van der Waals surface area contributed by atoms with Crippen LogP contribution in [0.5, 0.6) is 0 Å². The highest BCUT2D eigenvalue weighted by molar-refractivity contribution is 6.07. The van der Waals surface area contributed by atoms with Gasteiger partial charge in [0.05, 0.1) is 23.7 Å². The van der Waals surface area contributed by atoms with E-state index in [1.807, 2.05) is 40.9 Å². The third-order valence-electron chi connectivity index (χ3n) is 5.90. The third-order valence-corrected chi connectivity index (χ3v) is 5.90. The summed E-state index contributed by atoms with van der Waals surface area (Å²) in [6, 6.07) is 11.8. The summed E-state index contributed by atoms with van der Waals surface area (Å²) < 4.78 is 1.98. The zero-order valence-electron chi connectivity index (χ0n) is 17.4. The Labute approximate surface area is 174 Å². The number of amides is 1. The van der Waals surface area contributed by atoms with Gasteiger partial charge in [0.25, 0.3) is 5.91 Å². The summed E-state index contributed by atoms with van der Waals surface area (Å²) in [5.74, 6) is 0.909. The van der Waals surface area contributed by atoms with Crippen LogP contribution >= 0.6 is 0 Å². The van der Waals surface area contributed by atoms with Crippen molar-refractivity contribution in [3.05, 3.63) is 48.2 Å². The van der Waals surface area contributed by atoms with E-state index in [0.29, 0.717) is 23.0 Å². The van der Waals surface area contributed by atoms with Crippen molar-refractivity contribution in [3.8, 4) is 0 Å². The number of imidazole rings is 1. The number of piperidine rings is 1. The molecule has 3 aromatic heterocycles. The molecule has 0 aliphatic carbocycles. The van der Waals surface area contributed by atoms with Gasteiger partial charge in [-0.3, -0.25) is 14.0 Å². The summed E-state index contributed by atoms with van der Waals surface area (Å²) in [7, 11) is 1.43. The molecule has 7 heteroatoms. The molecular weight excluding hydrogens is 378 g/mol. The highest BCUT2D eigenvalue weighted by Gasteiger charge is 2.25. The first-order valence-corrected chi connectivity index (χ1v) is 10.3. The molecule has 0 spiro atoms. The maximum atomic E-state index is 12.8. The lowest BCUT2D eigenvalue weighted by atomic mass is 9.91. The van der Waals surface area contributed by atoms with E-state index < -0.39 is 0 Å². The van der Waals surface area contributed by atoms with Crippen LogP contribution in [-0.4, -0.2) is 40.5 Å². The van der Waals surface area contributed by atoms with Crippen LogP contribution in [0.2, 0.25) is 0 Å². The van der Waals surface area contributed by atoms with Crippen LogP contribution in [-0.2, 0) is 4.84 Å². The van der Waals surface area contributed by atoms with E-state index in [1.165, 1.54) is 13.5 Å². The Kier molecular flexibility index (Phi) is 4.55. The third kappa shape index (κ3) is 2.97. The van der Waals surface area contributed by atoms with Gasteiger partial charge >= 0.3 is 0 Å². The Balaban J connectivity index is 1.83. The highest BCUT2D eigenvalue weighted by Crippen LogP contribution is 2.34. The summed E-state index contributed by atoms with van der Waals surface area (Å²) in [6.07, 6.45) is 3.09. The van der Waals surface area contributed by atoms with Crippen molar-refractivity contribution in [1.82, 2.24) is 19.8 Å². The Morgan fingerprint density at radius 2 is 1.90 bits per heavy atom. The first-order chi connectivity index (χ1) is 14.6. The minimum absolute atomic E-state index is 0.324. The topological polar surface area (TPSA) is 71.8 Å². The first-order valence-electron chi connectivity index (χ1n) is 10.3. The molecule has 4 heterocycles. The number of hydrogen-bond donors (Lipinski definition) is 1. The molecule has 30 heavy (non-hydrogen) atoms. The molecule has 0 saturated carbocycles. The number of nitrogens with one attached hydrogen (secondary N) is 1. The fourth-order valence-corrected chi connectivity index (χ4v) is 4.85. The normalized spacial score (nSPS) is 19.6. The van der Waals surface area contributed by atoms with E-state index in [4.69, 9.17) is 14.8 Å². The molecule has 2 atom stereocenters. The number of aromatic nitrogens is 3. The molecule has 5 rings (SSSR count). The monoisotopic (exact) mass is 403 g/mol. The number of nitrogens with zero attached hydrogens (tertiary/aromatic N) is 4. The van der Waals surface area contributed by atoms with Gasteiger partial charge in [-0.05, 0) is 42.5 Å². The molecule has 1 aromatic carbocycles. The summed E-state index contributed by atoms with van der Waals surface area (Å²) in [5, 5.41) is 0.940. The average Bonchev–Trinajstić information content (AvgIpc) is 3.12. The lowest BCUT2D eigenvalue weighted by Crippen LogP contribution is -2.38. The molecule has 0 unspecified atom stereocenters. The average molecular weight is 403 g/mol. The van der Waals surface area contributed by atoms with Gasteiger partial charge in [-0.1, -0.05) is 26.0 Å². The van der Waals surface area contributed by atoms with E-state index in [1.54, 1.807) is 0 Å². The number of benzene rings is 1. The van der Waals surface area contributed by atoms with E-state index >= 15 is 0 Å². The lowest BCUT2D eigenvalue weighted by molar-refractivity contribution is 0.0539. The summed E-state index contributed by atoms with van der Waals surface area (Å²) in [4.78, 5) is 29.6. The minimum Gasteiger partial charge on any atom is -0.370 e. The summed E-state index contributed by atoms with van der Waals surface area (Å²) in [5.41, 5.74) is 7.14. The van der Waals surface area contributed by atoms with Crippen molar-refractivity contribution in [2.45, 2.75) is 20.3 Å². The zero-order valence-corrected chi connectivity index (χ0v) is 17.4. The van der Waals surface area contributed by atoms with Crippen molar-refractivity contribution in [1.29, 1.82) is 0 Å². The molecule has 1 aliphatic rings. The van der Waals surface area contributed by atoms with Gasteiger partial charge in [0.1, 0.15) is 5.65 Å². The quantitative estimate of drug-likeness (QED) is 0.527. The van der Waals surface area contributed by atoms with Gasteiger partial charge in [-0.25, -0.2) is 15.4 Å². The Hall–Kier alpha value is -3.19. The molecule has 0 bridgehead atoms. The standard InChI is InChI=1S/C23H25N5O2/c1-14-10-15(2)13-27(12-14)19-8-9-24-21-16(19)11-17(23(29)26-30-3)22-25-18-6-4-5-7-20(18)28(21)22/h4-9,11,14-15H,10,12-13H2,1-3H3,(H,26,29)/t14-,15+. The molecule has 1 fully saturated rings. The molecule has 1 aliphatic heterocycles. The fourth-order valence-electron chi connectivity index (χ4n) is 4.85. The van der Waals surface area contributed by atoms with Crippen LogP contribution in [0.25, 0.3) is 27.7 Å². The molecule has 1 amide bonds. The smallest absolute Gasteiger partial charge is 0.278 e. The number of hydrogen-bond acceptors (Lipinski definition) is 5. The lowest BCUT2D eigenvalue weighted by Gasteiger charge is -2.37. The molecule has 4 aromatic rings. The number of fused-ring (bicyclic) bond motifs is 5. The second kappa shape index (κ2) is 7.25. The minimum atomic E-state index is -0.324. The van der Waals surface area contributed by atoms with Crippen LogP contribution in [0.15, 0.2) is 42.6 Å². The molecule has 7 nitrogen and oxygen atoms in total. The van der Waals surface area contributed by atoms with E-state index in [2.05, 4.69) is 30.3 Å². The number of hydroxylamine groups is 1. The number of anilines is 1. The highest BCUT2D eigenvalue weighted by atomic mass is 16.6.